The SMILES string of the molecule is Cc1cccc(-n2c(SCc3ccc(C(F)(F)F)cc3)nnc2-c2cccs2)c1. The molecule has 29 heavy (non-hydrogen) atoms. The Bertz CT molecular complexity index is 1100. The Morgan fingerprint density at radius 1 is 1.00 bits per heavy atom. The fraction of sp³-hybridized carbons (Fsp3) is 0.143. The van der Waals surface area contributed by atoms with Gasteiger partial charge in [-0.05, 0) is 53.8 Å². The van der Waals surface area contributed by atoms with Crippen LogP contribution in [0.3, 0.4) is 0 Å². The molecule has 0 saturated carbocycles. The highest BCUT2D eigenvalue weighted by atomic mass is 32.2. The van der Waals surface area contributed by atoms with E-state index in [4.69, 9.17) is 0 Å². The van der Waals surface area contributed by atoms with E-state index in [-0.39, 0.29) is 0 Å². The van der Waals surface area contributed by atoms with Crippen molar-refractivity contribution in [3.8, 4) is 16.4 Å². The lowest BCUT2D eigenvalue weighted by molar-refractivity contribution is -0.137. The van der Waals surface area contributed by atoms with Crippen LogP contribution in [-0.2, 0) is 11.9 Å². The summed E-state index contributed by atoms with van der Waals surface area (Å²) < 4.78 is 40.3. The number of aromatic nitrogens is 3. The fourth-order valence-corrected chi connectivity index (χ4v) is 4.47. The summed E-state index contributed by atoms with van der Waals surface area (Å²) in [6.07, 6.45) is -4.33. The Morgan fingerprint density at radius 2 is 1.79 bits per heavy atom. The van der Waals surface area contributed by atoms with Gasteiger partial charge in [-0.15, -0.1) is 21.5 Å². The highest BCUT2D eigenvalue weighted by molar-refractivity contribution is 7.98. The second-order valence-electron chi connectivity index (χ2n) is 6.44. The van der Waals surface area contributed by atoms with Crippen molar-refractivity contribution in [3.63, 3.8) is 0 Å². The van der Waals surface area contributed by atoms with Crippen molar-refractivity contribution in [2.45, 2.75) is 24.0 Å². The maximum absolute atomic E-state index is 12.8. The van der Waals surface area contributed by atoms with Gasteiger partial charge < -0.3 is 0 Å². The van der Waals surface area contributed by atoms with Gasteiger partial charge in [0.05, 0.1) is 16.1 Å². The van der Waals surface area contributed by atoms with E-state index in [2.05, 4.69) is 16.3 Å². The Labute approximate surface area is 174 Å². The molecule has 0 bridgehead atoms. The maximum Gasteiger partial charge on any atom is 0.416 e. The molecule has 0 aliphatic rings. The summed E-state index contributed by atoms with van der Waals surface area (Å²) in [5.74, 6) is 1.24. The second-order valence-corrected chi connectivity index (χ2v) is 8.33. The van der Waals surface area contributed by atoms with Crippen LogP contribution in [0.2, 0.25) is 0 Å². The molecule has 0 spiro atoms. The number of hydrogen-bond acceptors (Lipinski definition) is 4. The van der Waals surface area contributed by atoms with Gasteiger partial charge in [-0.3, -0.25) is 4.57 Å². The third-order valence-corrected chi connectivity index (χ3v) is 6.15. The maximum atomic E-state index is 12.8. The average Bonchev–Trinajstić information content (AvgIpc) is 3.35. The molecule has 8 heteroatoms. The highest BCUT2D eigenvalue weighted by Gasteiger charge is 2.29. The van der Waals surface area contributed by atoms with E-state index in [0.29, 0.717) is 10.9 Å². The van der Waals surface area contributed by atoms with E-state index in [1.807, 2.05) is 47.2 Å². The van der Waals surface area contributed by atoms with Gasteiger partial charge in [0.2, 0.25) is 0 Å². The Balaban J connectivity index is 1.64. The molecule has 0 N–H and O–H groups in total. The number of hydrogen-bond donors (Lipinski definition) is 0. The van der Waals surface area contributed by atoms with Gasteiger partial charge in [0.25, 0.3) is 0 Å². The molecule has 2 aromatic heterocycles. The predicted octanol–water partition coefficient (Wildman–Crippen LogP) is 6.62. The number of alkyl halides is 3. The van der Waals surface area contributed by atoms with Gasteiger partial charge in [-0.1, -0.05) is 42.1 Å². The number of halogens is 3. The zero-order valence-electron chi connectivity index (χ0n) is 15.3. The van der Waals surface area contributed by atoms with E-state index < -0.39 is 11.7 Å². The van der Waals surface area contributed by atoms with Crippen molar-refractivity contribution in [3.05, 3.63) is 82.7 Å². The molecule has 0 aliphatic heterocycles. The first kappa shape index (κ1) is 19.7. The van der Waals surface area contributed by atoms with Crippen LogP contribution in [0.5, 0.6) is 0 Å². The topological polar surface area (TPSA) is 30.7 Å². The third-order valence-electron chi connectivity index (χ3n) is 4.28. The molecule has 2 heterocycles. The quantitative estimate of drug-likeness (QED) is 0.333. The van der Waals surface area contributed by atoms with E-state index in [1.54, 1.807) is 11.3 Å². The molecule has 0 aliphatic carbocycles. The highest BCUT2D eigenvalue weighted by Crippen LogP contribution is 2.33. The zero-order valence-corrected chi connectivity index (χ0v) is 17.0. The van der Waals surface area contributed by atoms with Gasteiger partial charge in [-0.25, -0.2) is 0 Å². The lowest BCUT2D eigenvalue weighted by Crippen LogP contribution is -2.04. The summed E-state index contributed by atoms with van der Waals surface area (Å²) in [5, 5.41) is 11.4. The van der Waals surface area contributed by atoms with Gasteiger partial charge in [0.15, 0.2) is 11.0 Å². The van der Waals surface area contributed by atoms with Crippen LogP contribution in [0.1, 0.15) is 16.7 Å². The van der Waals surface area contributed by atoms with Gasteiger partial charge in [0, 0.05) is 5.75 Å². The molecule has 0 radical (unpaired) electrons. The van der Waals surface area contributed by atoms with Crippen LogP contribution in [-0.4, -0.2) is 14.8 Å². The molecule has 4 rings (SSSR count). The lowest BCUT2D eigenvalue weighted by atomic mass is 10.1. The van der Waals surface area contributed by atoms with Crippen molar-refractivity contribution in [1.29, 1.82) is 0 Å². The number of benzene rings is 2. The van der Waals surface area contributed by atoms with E-state index in [1.165, 1.54) is 23.9 Å². The second kappa shape index (κ2) is 8.04. The van der Waals surface area contributed by atoms with Crippen LogP contribution < -0.4 is 0 Å². The molecule has 0 saturated heterocycles. The number of thioether (sulfide) groups is 1. The summed E-state index contributed by atoms with van der Waals surface area (Å²) in [5.41, 5.74) is 2.22. The summed E-state index contributed by atoms with van der Waals surface area (Å²) in [6, 6.07) is 17.2. The molecule has 2 aromatic carbocycles. The normalized spacial score (nSPS) is 11.7. The standard InChI is InChI=1S/C21H16F3N3S2/c1-14-4-2-5-17(12-14)27-19(18-6-3-11-28-18)25-26-20(27)29-13-15-7-9-16(10-8-15)21(22,23)24/h2-12H,13H2,1H3. The summed E-state index contributed by atoms with van der Waals surface area (Å²) >= 11 is 3.03. The van der Waals surface area contributed by atoms with Gasteiger partial charge in [-0.2, -0.15) is 13.2 Å². The molecule has 148 valence electrons. The van der Waals surface area contributed by atoms with E-state index in [0.717, 1.165) is 39.6 Å². The van der Waals surface area contributed by atoms with Gasteiger partial charge in [0.1, 0.15) is 0 Å². The number of thiophene rings is 1. The van der Waals surface area contributed by atoms with Crippen LogP contribution >= 0.6 is 23.1 Å². The zero-order chi connectivity index (χ0) is 20.4. The molecule has 3 nitrogen and oxygen atoms in total. The van der Waals surface area contributed by atoms with Crippen LogP contribution in [0.25, 0.3) is 16.4 Å². The Hall–Kier alpha value is -2.58. The number of nitrogens with zero attached hydrogens (tertiary/aromatic N) is 3. The lowest BCUT2D eigenvalue weighted by Gasteiger charge is -2.11. The predicted molar refractivity (Wildman–Crippen MR) is 110 cm³/mol. The molecule has 0 amide bonds. The molecule has 0 atom stereocenters. The largest absolute Gasteiger partial charge is 0.416 e. The van der Waals surface area contributed by atoms with Crippen molar-refractivity contribution in [1.82, 2.24) is 14.8 Å². The Morgan fingerprint density at radius 3 is 2.45 bits per heavy atom. The minimum atomic E-state index is -4.33. The number of aryl methyl sites for hydroxylation is 1. The summed E-state index contributed by atoms with van der Waals surface area (Å²) in [7, 11) is 0. The van der Waals surface area contributed by atoms with Crippen LogP contribution in [0.4, 0.5) is 13.2 Å². The average molecular weight is 432 g/mol. The summed E-state index contributed by atoms with van der Waals surface area (Å²) in [4.78, 5) is 1.00. The first-order valence-electron chi connectivity index (χ1n) is 8.77. The van der Waals surface area contributed by atoms with Crippen molar-refractivity contribution < 1.29 is 13.2 Å². The van der Waals surface area contributed by atoms with Crippen molar-refractivity contribution in [2.24, 2.45) is 0 Å². The van der Waals surface area contributed by atoms with Crippen LogP contribution in [0.15, 0.2) is 71.2 Å². The minimum absolute atomic E-state index is 0.493. The van der Waals surface area contributed by atoms with E-state index in [9.17, 15) is 13.2 Å². The minimum Gasteiger partial charge on any atom is -0.269 e. The Kier molecular flexibility index (Phi) is 5.47. The molecule has 0 fully saturated rings. The summed E-state index contributed by atoms with van der Waals surface area (Å²) in [6.45, 7) is 2.02. The number of rotatable bonds is 5. The molecular formula is C21H16F3N3S2. The molecule has 0 unspecified atom stereocenters. The van der Waals surface area contributed by atoms with E-state index >= 15 is 0 Å². The monoisotopic (exact) mass is 431 g/mol. The van der Waals surface area contributed by atoms with Gasteiger partial charge >= 0.3 is 6.18 Å². The molecular weight excluding hydrogens is 415 g/mol. The molecule has 4 aromatic rings. The first-order valence-corrected chi connectivity index (χ1v) is 10.6. The first-order chi connectivity index (χ1) is 13.9. The smallest absolute Gasteiger partial charge is 0.269 e. The van der Waals surface area contributed by atoms with Crippen molar-refractivity contribution >= 4 is 23.1 Å². The fourth-order valence-electron chi connectivity index (χ4n) is 2.87. The van der Waals surface area contributed by atoms with Crippen molar-refractivity contribution in [2.75, 3.05) is 0 Å². The van der Waals surface area contributed by atoms with Crippen LogP contribution in [0, 0.1) is 6.92 Å². The third kappa shape index (κ3) is 4.38.